The Balaban J connectivity index is 1.76. The Morgan fingerprint density at radius 2 is 2.05 bits per heavy atom. The molecule has 0 radical (unpaired) electrons. The van der Waals surface area contributed by atoms with Crippen LogP contribution >= 0.6 is 11.6 Å². The monoisotopic (exact) mass is 293 g/mol. The van der Waals surface area contributed by atoms with Crippen molar-refractivity contribution in [3.8, 4) is 0 Å². The molecule has 0 bridgehead atoms. The standard InChI is InChI=1S/C16H24ClN3/c1-18-11-13-5-4-6-15(17)16(13)20-10-7-14(12-20)19-8-2-3-9-19/h4-6,14,18H,2-3,7-12H2,1H3. The lowest BCUT2D eigenvalue weighted by atomic mass is 10.1. The van der Waals surface area contributed by atoms with Gasteiger partial charge in [-0.15, -0.1) is 0 Å². The van der Waals surface area contributed by atoms with Crippen molar-refractivity contribution < 1.29 is 0 Å². The highest BCUT2D eigenvalue weighted by Crippen LogP contribution is 2.33. The first-order valence-corrected chi connectivity index (χ1v) is 8.08. The molecule has 0 aliphatic carbocycles. The van der Waals surface area contributed by atoms with E-state index in [0.29, 0.717) is 0 Å². The maximum Gasteiger partial charge on any atom is 0.0642 e. The Morgan fingerprint density at radius 1 is 1.25 bits per heavy atom. The van der Waals surface area contributed by atoms with E-state index in [1.165, 1.54) is 43.6 Å². The van der Waals surface area contributed by atoms with E-state index in [-0.39, 0.29) is 0 Å². The molecule has 2 aliphatic heterocycles. The second-order valence-corrected chi connectivity index (χ2v) is 6.32. The molecule has 3 nitrogen and oxygen atoms in total. The van der Waals surface area contributed by atoms with Crippen molar-refractivity contribution in [1.82, 2.24) is 10.2 Å². The summed E-state index contributed by atoms with van der Waals surface area (Å²) in [5.41, 5.74) is 2.55. The predicted octanol–water partition coefficient (Wildman–Crippen LogP) is 2.73. The molecular formula is C16H24ClN3. The molecule has 0 spiro atoms. The first-order chi connectivity index (χ1) is 9.79. The topological polar surface area (TPSA) is 18.5 Å². The summed E-state index contributed by atoms with van der Waals surface area (Å²) in [6.45, 7) is 5.69. The van der Waals surface area contributed by atoms with Crippen LogP contribution in [-0.4, -0.2) is 44.2 Å². The Hall–Kier alpha value is -0.770. The largest absolute Gasteiger partial charge is 0.368 e. The molecule has 2 saturated heterocycles. The summed E-state index contributed by atoms with van der Waals surface area (Å²) in [5, 5.41) is 4.13. The molecular weight excluding hydrogens is 270 g/mol. The van der Waals surface area contributed by atoms with Gasteiger partial charge in [-0.3, -0.25) is 4.90 Å². The number of hydrogen-bond acceptors (Lipinski definition) is 3. The highest BCUT2D eigenvalue weighted by molar-refractivity contribution is 6.33. The van der Waals surface area contributed by atoms with E-state index in [2.05, 4.69) is 21.2 Å². The molecule has 110 valence electrons. The van der Waals surface area contributed by atoms with E-state index in [9.17, 15) is 0 Å². The number of anilines is 1. The zero-order valence-electron chi connectivity index (χ0n) is 12.2. The zero-order chi connectivity index (χ0) is 13.9. The number of para-hydroxylation sites is 1. The van der Waals surface area contributed by atoms with E-state index >= 15 is 0 Å². The molecule has 0 saturated carbocycles. The summed E-state index contributed by atoms with van der Waals surface area (Å²) in [6, 6.07) is 6.96. The second kappa shape index (κ2) is 6.33. The minimum atomic E-state index is 0.719. The van der Waals surface area contributed by atoms with E-state index in [4.69, 9.17) is 11.6 Å². The van der Waals surface area contributed by atoms with Crippen LogP contribution in [0.25, 0.3) is 0 Å². The second-order valence-electron chi connectivity index (χ2n) is 5.91. The summed E-state index contributed by atoms with van der Waals surface area (Å²) in [7, 11) is 1.99. The fourth-order valence-corrected chi connectivity index (χ4v) is 3.91. The lowest BCUT2D eigenvalue weighted by Crippen LogP contribution is -2.35. The minimum Gasteiger partial charge on any atom is -0.368 e. The smallest absolute Gasteiger partial charge is 0.0642 e. The van der Waals surface area contributed by atoms with E-state index < -0.39 is 0 Å². The van der Waals surface area contributed by atoms with Gasteiger partial charge >= 0.3 is 0 Å². The van der Waals surface area contributed by atoms with Crippen LogP contribution in [0.5, 0.6) is 0 Å². The molecule has 3 rings (SSSR count). The number of rotatable bonds is 4. The van der Waals surface area contributed by atoms with Gasteiger partial charge in [0.1, 0.15) is 0 Å². The molecule has 1 unspecified atom stereocenters. The van der Waals surface area contributed by atoms with Crippen molar-refractivity contribution in [3.05, 3.63) is 28.8 Å². The molecule has 2 heterocycles. The predicted molar refractivity (Wildman–Crippen MR) is 85.6 cm³/mol. The SMILES string of the molecule is CNCc1cccc(Cl)c1N1CCC(N2CCCC2)C1. The van der Waals surface area contributed by atoms with Crippen LogP contribution in [0.15, 0.2) is 18.2 Å². The van der Waals surface area contributed by atoms with Gasteiger partial charge in [0.05, 0.1) is 10.7 Å². The quantitative estimate of drug-likeness (QED) is 0.921. The lowest BCUT2D eigenvalue weighted by molar-refractivity contribution is 0.260. The number of nitrogens with one attached hydrogen (secondary N) is 1. The molecule has 1 aromatic rings. The number of halogens is 1. The lowest BCUT2D eigenvalue weighted by Gasteiger charge is -2.26. The van der Waals surface area contributed by atoms with E-state index in [0.717, 1.165) is 30.7 Å². The van der Waals surface area contributed by atoms with Gasteiger partial charge in [0.2, 0.25) is 0 Å². The van der Waals surface area contributed by atoms with Crippen molar-refractivity contribution in [2.45, 2.75) is 31.8 Å². The van der Waals surface area contributed by atoms with Gasteiger partial charge in [-0.2, -0.15) is 0 Å². The van der Waals surface area contributed by atoms with Crippen LogP contribution in [0, 0.1) is 0 Å². The Morgan fingerprint density at radius 3 is 2.80 bits per heavy atom. The molecule has 2 aliphatic rings. The normalized spacial score (nSPS) is 23.7. The van der Waals surface area contributed by atoms with Crippen LogP contribution in [0.2, 0.25) is 5.02 Å². The highest BCUT2D eigenvalue weighted by Gasteiger charge is 2.30. The van der Waals surface area contributed by atoms with Crippen molar-refractivity contribution in [2.24, 2.45) is 0 Å². The third-order valence-corrected chi connectivity index (χ3v) is 4.88. The van der Waals surface area contributed by atoms with Crippen molar-refractivity contribution in [1.29, 1.82) is 0 Å². The van der Waals surface area contributed by atoms with Gasteiger partial charge in [0, 0.05) is 25.7 Å². The Bertz CT molecular complexity index is 457. The molecule has 1 aromatic carbocycles. The maximum absolute atomic E-state index is 6.47. The molecule has 0 aromatic heterocycles. The summed E-state index contributed by atoms with van der Waals surface area (Å²) in [4.78, 5) is 5.15. The zero-order valence-corrected chi connectivity index (χ0v) is 13.0. The van der Waals surface area contributed by atoms with Crippen molar-refractivity contribution in [3.63, 3.8) is 0 Å². The molecule has 4 heteroatoms. The first kappa shape index (κ1) is 14.2. The van der Waals surface area contributed by atoms with Gasteiger partial charge in [0.15, 0.2) is 0 Å². The Kier molecular flexibility index (Phi) is 4.49. The third-order valence-electron chi connectivity index (χ3n) is 4.57. The summed E-state index contributed by atoms with van der Waals surface area (Å²) >= 11 is 6.47. The van der Waals surface area contributed by atoms with Gasteiger partial charge < -0.3 is 10.2 Å². The van der Waals surface area contributed by atoms with E-state index in [1.807, 2.05) is 19.2 Å². The van der Waals surface area contributed by atoms with Crippen LogP contribution in [0.4, 0.5) is 5.69 Å². The molecule has 2 fully saturated rings. The van der Waals surface area contributed by atoms with Gasteiger partial charge in [-0.05, 0) is 51.0 Å². The average molecular weight is 294 g/mol. The Labute approximate surface area is 126 Å². The molecule has 1 atom stereocenters. The molecule has 0 amide bonds. The van der Waals surface area contributed by atoms with E-state index in [1.54, 1.807) is 0 Å². The summed E-state index contributed by atoms with van der Waals surface area (Å²) in [5.74, 6) is 0. The fourth-order valence-electron chi connectivity index (χ4n) is 3.60. The number of hydrogen-bond donors (Lipinski definition) is 1. The van der Waals surface area contributed by atoms with Crippen LogP contribution in [0.1, 0.15) is 24.8 Å². The minimum absolute atomic E-state index is 0.719. The van der Waals surface area contributed by atoms with Gasteiger partial charge in [0.25, 0.3) is 0 Å². The summed E-state index contributed by atoms with van der Waals surface area (Å²) in [6.07, 6.45) is 4.01. The highest BCUT2D eigenvalue weighted by atomic mass is 35.5. The third kappa shape index (κ3) is 2.80. The average Bonchev–Trinajstić information content (AvgIpc) is 3.10. The fraction of sp³-hybridized carbons (Fsp3) is 0.625. The molecule has 1 N–H and O–H groups in total. The number of nitrogens with zero attached hydrogens (tertiary/aromatic N) is 2. The maximum atomic E-state index is 6.47. The number of benzene rings is 1. The number of likely N-dealkylation sites (tertiary alicyclic amines) is 1. The van der Waals surface area contributed by atoms with Crippen LogP contribution in [-0.2, 0) is 6.54 Å². The van der Waals surface area contributed by atoms with Crippen molar-refractivity contribution >= 4 is 17.3 Å². The van der Waals surface area contributed by atoms with Crippen LogP contribution in [0.3, 0.4) is 0 Å². The van der Waals surface area contributed by atoms with Gasteiger partial charge in [-0.1, -0.05) is 23.7 Å². The van der Waals surface area contributed by atoms with Crippen LogP contribution < -0.4 is 10.2 Å². The molecule has 20 heavy (non-hydrogen) atoms. The van der Waals surface area contributed by atoms with Gasteiger partial charge in [-0.25, -0.2) is 0 Å². The van der Waals surface area contributed by atoms with Crippen molar-refractivity contribution in [2.75, 3.05) is 38.1 Å². The first-order valence-electron chi connectivity index (χ1n) is 7.70. The summed E-state index contributed by atoms with van der Waals surface area (Å²) < 4.78 is 0.